The highest BCUT2D eigenvalue weighted by atomic mass is 35.5. The zero-order valence-electron chi connectivity index (χ0n) is 18.1. The van der Waals surface area contributed by atoms with E-state index < -0.39 is 0 Å². The lowest BCUT2D eigenvalue weighted by atomic mass is 10.1. The SMILES string of the molecule is [2H]c1cc(C)c(NC(=O)c2cnc(Nc3cc(N4CCC(O)CC4)nc(C)n3)s2)c(Cl)c1. The van der Waals surface area contributed by atoms with E-state index in [1.54, 1.807) is 13.0 Å². The molecule has 8 nitrogen and oxygen atoms in total. The lowest BCUT2D eigenvalue weighted by Gasteiger charge is -2.30. The second kappa shape index (κ2) is 9.17. The Hall–Kier alpha value is -2.75. The largest absolute Gasteiger partial charge is 0.393 e. The van der Waals surface area contributed by atoms with Crippen LogP contribution in [-0.2, 0) is 0 Å². The number of halogens is 1. The summed E-state index contributed by atoms with van der Waals surface area (Å²) in [7, 11) is 0. The number of carbonyl (C=O) groups is 1. The molecule has 31 heavy (non-hydrogen) atoms. The number of thiazole rings is 1. The maximum Gasteiger partial charge on any atom is 0.267 e. The normalized spacial score (nSPS) is 15.0. The van der Waals surface area contributed by atoms with Gasteiger partial charge in [-0.2, -0.15) is 0 Å². The van der Waals surface area contributed by atoms with Gasteiger partial charge in [-0.3, -0.25) is 4.79 Å². The van der Waals surface area contributed by atoms with E-state index in [0.29, 0.717) is 50.8 Å². The van der Waals surface area contributed by atoms with Crippen LogP contribution in [0.15, 0.2) is 30.4 Å². The van der Waals surface area contributed by atoms with E-state index in [4.69, 9.17) is 13.0 Å². The van der Waals surface area contributed by atoms with Gasteiger partial charge in [0.1, 0.15) is 22.3 Å². The smallest absolute Gasteiger partial charge is 0.267 e. The highest BCUT2D eigenvalue weighted by Crippen LogP contribution is 2.28. The van der Waals surface area contributed by atoms with Gasteiger partial charge in [0.2, 0.25) is 0 Å². The van der Waals surface area contributed by atoms with Crippen molar-refractivity contribution in [3.63, 3.8) is 0 Å². The zero-order valence-corrected chi connectivity index (χ0v) is 18.7. The Kier molecular flexibility index (Phi) is 5.97. The maximum atomic E-state index is 12.7. The molecule has 3 heterocycles. The molecule has 10 heteroatoms. The van der Waals surface area contributed by atoms with Crippen LogP contribution in [0.3, 0.4) is 0 Å². The van der Waals surface area contributed by atoms with Crippen molar-refractivity contribution in [3.05, 3.63) is 51.7 Å². The third-order valence-corrected chi connectivity index (χ3v) is 6.17. The van der Waals surface area contributed by atoms with E-state index in [0.717, 1.165) is 18.9 Å². The number of nitrogens with one attached hydrogen (secondary N) is 2. The number of aromatic nitrogens is 3. The van der Waals surface area contributed by atoms with E-state index in [1.807, 2.05) is 13.0 Å². The monoisotopic (exact) mass is 459 g/mol. The molecule has 4 rings (SSSR count). The number of aliphatic hydroxyl groups is 1. The van der Waals surface area contributed by atoms with Crippen LogP contribution >= 0.6 is 22.9 Å². The van der Waals surface area contributed by atoms with Gasteiger partial charge in [0.25, 0.3) is 5.91 Å². The average molecular weight is 460 g/mol. The molecule has 1 fully saturated rings. The Bertz CT molecular complexity index is 1130. The maximum absolute atomic E-state index is 12.7. The fourth-order valence-corrected chi connectivity index (χ4v) is 4.30. The second-order valence-electron chi connectivity index (χ2n) is 7.35. The van der Waals surface area contributed by atoms with Gasteiger partial charge < -0.3 is 20.6 Å². The van der Waals surface area contributed by atoms with Crippen LogP contribution in [0, 0.1) is 13.8 Å². The molecule has 0 bridgehead atoms. The first-order chi connectivity index (χ1) is 15.3. The Labute approximate surface area is 190 Å². The summed E-state index contributed by atoms with van der Waals surface area (Å²) in [6.07, 6.45) is 2.66. The molecule has 3 N–H and O–H groups in total. The first-order valence-corrected chi connectivity index (χ1v) is 11.1. The molecular formula is C21H23ClN6O2S. The van der Waals surface area contributed by atoms with Crippen molar-refractivity contribution < 1.29 is 11.3 Å². The van der Waals surface area contributed by atoms with Crippen molar-refractivity contribution in [1.82, 2.24) is 15.0 Å². The number of nitrogens with zero attached hydrogens (tertiary/aromatic N) is 4. The quantitative estimate of drug-likeness (QED) is 0.526. The summed E-state index contributed by atoms with van der Waals surface area (Å²) in [4.78, 5) is 28.5. The molecular weight excluding hydrogens is 436 g/mol. The Morgan fingerprint density at radius 2 is 2.10 bits per heavy atom. The lowest BCUT2D eigenvalue weighted by molar-refractivity contribution is 0.103. The van der Waals surface area contributed by atoms with E-state index >= 15 is 0 Å². The number of anilines is 4. The molecule has 1 saturated heterocycles. The number of benzene rings is 1. The van der Waals surface area contributed by atoms with Gasteiger partial charge in [-0.25, -0.2) is 15.0 Å². The van der Waals surface area contributed by atoms with Crippen LogP contribution in [0.5, 0.6) is 0 Å². The van der Waals surface area contributed by atoms with Crippen molar-refractivity contribution in [2.24, 2.45) is 0 Å². The zero-order chi connectivity index (χ0) is 22.8. The average Bonchev–Trinajstić information content (AvgIpc) is 3.19. The molecule has 1 aliphatic rings. The highest BCUT2D eigenvalue weighted by molar-refractivity contribution is 7.17. The first-order valence-electron chi connectivity index (χ1n) is 10.4. The number of piperidine rings is 1. The van der Waals surface area contributed by atoms with E-state index in [9.17, 15) is 9.90 Å². The van der Waals surface area contributed by atoms with E-state index in [-0.39, 0.29) is 18.1 Å². The Morgan fingerprint density at radius 3 is 2.84 bits per heavy atom. The molecule has 162 valence electrons. The number of carbonyl (C=O) groups excluding carboxylic acids is 1. The van der Waals surface area contributed by atoms with E-state index in [1.165, 1.54) is 23.6 Å². The fourth-order valence-electron chi connectivity index (χ4n) is 3.33. The van der Waals surface area contributed by atoms with Gasteiger partial charge in [0, 0.05) is 19.2 Å². The molecule has 1 amide bonds. The van der Waals surface area contributed by atoms with Gasteiger partial charge in [0.05, 0.1) is 24.4 Å². The van der Waals surface area contributed by atoms with Crippen LogP contribution in [0.25, 0.3) is 0 Å². The molecule has 1 aromatic carbocycles. The third kappa shape index (κ3) is 5.12. The fraction of sp³-hybridized carbons (Fsp3) is 0.333. The number of rotatable bonds is 5. The molecule has 0 radical (unpaired) electrons. The predicted molar refractivity (Wildman–Crippen MR) is 124 cm³/mol. The van der Waals surface area contributed by atoms with E-state index in [2.05, 4.69) is 30.5 Å². The van der Waals surface area contributed by atoms with Crippen molar-refractivity contribution in [2.45, 2.75) is 32.8 Å². The van der Waals surface area contributed by atoms with Crippen molar-refractivity contribution >= 4 is 51.3 Å². The number of aliphatic hydroxyl groups excluding tert-OH is 1. The van der Waals surface area contributed by atoms with Gasteiger partial charge in [0.15, 0.2) is 5.13 Å². The summed E-state index contributed by atoms with van der Waals surface area (Å²) in [5, 5.41) is 16.5. The van der Waals surface area contributed by atoms with Crippen LogP contribution < -0.4 is 15.5 Å². The number of hydrogen-bond donors (Lipinski definition) is 3. The molecule has 0 atom stereocenters. The first kappa shape index (κ1) is 20.2. The Balaban J connectivity index is 1.47. The summed E-state index contributed by atoms with van der Waals surface area (Å²) in [5.74, 6) is 1.67. The Morgan fingerprint density at radius 1 is 1.32 bits per heavy atom. The number of hydrogen-bond acceptors (Lipinski definition) is 8. The predicted octanol–water partition coefficient (Wildman–Crippen LogP) is 4.16. The minimum Gasteiger partial charge on any atom is -0.393 e. The summed E-state index contributed by atoms with van der Waals surface area (Å²) in [5.41, 5.74) is 1.20. The highest BCUT2D eigenvalue weighted by Gasteiger charge is 2.19. The van der Waals surface area contributed by atoms with Crippen molar-refractivity contribution in [2.75, 3.05) is 28.6 Å². The van der Waals surface area contributed by atoms with Crippen molar-refractivity contribution in [1.29, 1.82) is 0 Å². The number of amides is 1. The standard InChI is InChI=1S/C21H23ClN6O2S/c1-12-4-3-5-15(22)19(12)27-20(30)16-11-23-21(31-16)26-17-10-18(25-13(2)24-17)28-8-6-14(29)7-9-28/h3-5,10-11,14,29H,6-9H2,1-2H3,(H,27,30)(H,23,24,25,26)/i3D. The second-order valence-corrected chi connectivity index (χ2v) is 8.78. The number of aryl methyl sites for hydroxylation is 2. The third-order valence-electron chi connectivity index (χ3n) is 4.96. The van der Waals surface area contributed by atoms with Gasteiger partial charge in [-0.15, -0.1) is 0 Å². The van der Waals surface area contributed by atoms with Gasteiger partial charge in [-0.05, 0) is 38.3 Å². The topological polar surface area (TPSA) is 103 Å². The number of para-hydroxylation sites is 1. The summed E-state index contributed by atoms with van der Waals surface area (Å²) in [6.45, 7) is 5.09. The van der Waals surface area contributed by atoms with Crippen LogP contribution in [0.4, 0.5) is 22.5 Å². The van der Waals surface area contributed by atoms with Crippen LogP contribution in [-0.4, -0.2) is 45.2 Å². The molecule has 1 aliphatic heterocycles. The van der Waals surface area contributed by atoms with Crippen LogP contribution in [0.1, 0.15) is 35.3 Å². The molecule has 0 spiro atoms. The molecule has 0 saturated carbocycles. The summed E-state index contributed by atoms with van der Waals surface area (Å²) in [6, 6.07) is 5.26. The molecule has 0 unspecified atom stereocenters. The summed E-state index contributed by atoms with van der Waals surface area (Å²) >= 11 is 7.39. The van der Waals surface area contributed by atoms with Crippen LogP contribution in [0.2, 0.25) is 5.02 Å². The lowest BCUT2D eigenvalue weighted by Crippen LogP contribution is -2.36. The van der Waals surface area contributed by atoms with Gasteiger partial charge >= 0.3 is 0 Å². The van der Waals surface area contributed by atoms with Crippen molar-refractivity contribution in [3.8, 4) is 0 Å². The molecule has 0 aliphatic carbocycles. The summed E-state index contributed by atoms with van der Waals surface area (Å²) < 4.78 is 7.70. The molecule has 3 aromatic rings. The van der Waals surface area contributed by atoms with Gasteiger partial charge in [-0.1, -0.05) is 35.0 Å². The molecule has 2 aromatic heterocycles. The minimum absolute atomic E-state index is 0.254. The minimum atomic E-state index is -0.329.